The number of benzene rings is 1. The zero-order valence-corrected chi connectivity index (χ0v) is 28.5. The molecule has 242 valence electrons. The number of piperidine rings is 1. The molecular weight excluding hydrogens is 550 g/mol. The van der Waals surface area contributed by atoms with Gasteiger partial charge in [0.15, 0.2) is 0 Å². The van der Waals surface area contributed by atoms with Gasteiger partial charge in [-0.05, 0) is 94.4 Å². The standard InChI is InChI=1S/C37H55N3O4/c1-35(2,3)31-15-12-16-32(39-31)37(7,8)29(33(41)43-9)23-27(28-22-26-13-10-11-14-30(26)38-24-28)21-25-17-19-40(20-18-25)34(42)44-36(4,5)6/h10-16,25,27-29,38H,17-24H2,1-9H3. The minimum Gasteiger partial charge on any atom is -0.469 e. The van der Waals surface area contributed by atoms with Crippen molar-refractivity contribution < 1.29 is 19.1 Å². The molecule has 1 saturated heterocycles. The number of nitrogens with one attached hydrogen (secondary N) is 1. The second-order valence-electron chi connectivity index (χ2n) is 15.6. The third-order valence-corrected chi connectivity index (χ3v) is 9.70. The number of carbonyl (C=O) groups excluding carboxylic acids is 2. The summed E-state index contributed by atoms with van der Waals surface area (Å²) in [5.74, 6) is 0.624. The van der Waals surface area contributed by atoms with Crippen LogP contribution in [0, 0.1) is 23.7 Å². The van der Waals surface area contributed by atoms with Gasteiger partial charge < -0.3 is 19.7 Å². The Kier molecular flexibility index (Phi) is 10.4. The van der Waals surface area contributed by atoms with Crippen LogP contribution < -0.4 is 5.32 Å². The van der Waals surface area contributed by atoms with E-state index in [0.29, 0.717) is 30.8 Å². The Morgan fingerprint density at radius 2 is 1.61 bits per heavy atom. The summed E-state index contributed by atoms with van der Waals surface area (Å²) in [4.78, 5) is 33.3. The molecule has 4 rings (SSSR count). The van der Waals surface area contributed by atoms with Gasteiger partial charge in [0.25, 0.3) is 0 Å². The van der Waals surface area contributed by atoms with Crippen LogP contribution in [-0.4, -0.2) is 54.3 Å². The summed E-state index contributed by atoms with van der Waals surface area (Å²) in [5, 5.41) is 3.69. The van der Waals surface area contributed by atoms with E-state index in [-0.39, 0.29) is 23.4 Å². The van der Waals surface area contributed by atoms with Gasteiger partial charge in [-0.1, -0.05) is 58.9 Å². The Morgan fingerprint density at radius 1 is 0.955 bits per heavy atom. The highest BCUT2D eigenvalue weighted by atomic mass is 16.6. The highest BCUT2D eigenvalue weighted by Gasteiger charge is 2.43. The fourth-order valence-electron chi connectivity index (χ4n) is 6.91. The lowest BCUT2D eigenvalue weighted by Crippen LogP contribution is -2.43. The predicted octanol–water partition coefficient (Wildman–Crippen LogP) is 7.77. The number of hydrogen-bond donors (Lipinski definition) is 1. The molecule has 3 atom stereocenters. The molecule has 0 bridgehead atoms. The molecule has 0 radical (unpaired) electrons. The lowest BCUT2D eigenvalue weighted by atomic mass is 9.67. The number of pyridine rings is 1. The van der Waals surface area contributed by atoms with E-state index in [1.54, 1.807) is 0 Å². The monoisotopic (exact) mass is 605 g/mol. The molecule has 3 heterocycles. The van der Waals surface area contributed by atoms with Gasteiger partial charge in [0.05, 0.1) is 13.0 Å². The van der Waals surface area contributed by atoms with Gasteiger partial charge >= 0.3 is 12.1 Å². The van der Waals surface area contributed by atoms with E-state index >= 15 is 0 Å². The highest BCUT2D eigenvalue weighted by molar-refractivity contribution is 5.74. The average Bonchev–Trinajstić information content (AvgIpc) is 2.97. The van der Waals surface area contributed by atoms with Crippen LogP contribution in [0.4, 0.5) is 10.5 Å². The number of hydrogen-bond acceptors (Lipinski definition) is 6. The van der Waals surface area contributed by atoms with Crippen LogP contribution in [0.2, 0.25) is 0 Å². The van der Waals surface area contributed by atoms with Crippen LogP contribution in [0.3, 0.4) is 0 Å². The maximum atomic E-state index is 13.6. The normalized spacial score (nSPS) is 19.4. The van der Waals surface area contributed by atoms with Gasteiger partial charge in [0.1, 0.15) is 5.60 Å². The number of methoxy groups -OCH3 is 1. The summed E-state index contributed by atoms with van der Waals surface area (Å²) < 4.78 is 11.1. The molecule has 1 fully saturated rings. The molecule has 0 aliphatic carbocycles. The van der Waals surface area contributed by atoms with Crippen molar-refractivity contribution in [3.63, 3.8) is 0 Å². The zero-order chi connectivity index (χ0) is 32.3. The number of amides is 1. The molecule has 7 nitrogen and oxygen atoms in total. The number of nitrogens with zero attached hydrogens (tertiary/aromatic N) is 2. The number of rotatable bonds is 8. The summed E-state index contributed by atoms with van der Waals surface area (Å²) in [6.07, 6.45) is 4.37. The summed E-state index contributed by atoms with van der Waals surface area (Å²) >= 11 is 0. The van der Waals surface area contributed by atoms with Crippen LogP contribution in [-0.2, 0) is 31.5 Å². The van der Waals surface area contributed by atoms with Crippen molar-refractivity contribution in [2.45, 2.75) is 104 Å². The van der Waals surface area contributed by atoms with Gasteiger partial charge in [-0.3, -0.25) is 9.78 Å². The highest BCUT2D eigenvalue weighted by Crippen LogP contribution is 2.43. The van der Waals surface area contributed by atoms with Gasteiger partial charge in [-0.2, -0.15) is 0 Å². The Bertz CT molecular complexity index is 1280. The van der Waals surface area contributed by atoms with Crippen LogP contribution in [0.15, 0.2) is 42.5 Å². The van der Waals surface area contributed by atoms with Crippen molar-refractivity contribution >= 4 is 17.7 Å². The van der Waals surface area contributed by atoms with E-state index in [9.17, 15) is 9.59 Å². The Balaban J connectivity index is 1.59. The van der Waals surface area contributed by atoms with Gasteiger partial charge in [-0.25, -0.2) is 4.79 Å². The Labute approximate surface area is 265 Å². The number of para-hydroxylation sites is 1. The molecule has 7 heteroatoms. The number of ether oxygens (including phenoxy) is 2. The van der Waals surface area contributed by atoms with E-state index < -0.39 is 11.0 Å². The van der Waals surface area contributed by atoms with Crippen LogP contribution in [0.1, 0.15) is 98.0 Å². The third-order valence-electron chi connectivity index (χ3n) is 9.70. The zero-order valence-electron chi connectivity index (χ0n) is 28.5. The molecule has 44 heavy (non-hydrogen) atoms. The molecule has 0 saturated carbocycles. The summed E-state index contributed by atoms with van der Waals surface area (Å²) in [5.41, 5.74) is 3.38. The van der Waals surface area contributed by atoms with E-state index in [4.69, 9.17) is 14.5 Å². The summed E-state index contributed by atoms with van der Waals surface area (Å²) in [7, 11) is 1.50. The number of likely N-dealkylation sites (tertiary alicyclic amines) is 1. The average molecular weight is 606 g/mol. The van der Waals surface area contributed by atoms with Crippen molar-refractivity contribution in [2.75, 3.05) is 32.1 Å². The number of carbonyl (C=O) groups is 2. The van der Waals surface area contributed by atoms with Crippen LogP contribution in [0.25, 0.3) is 0 Å². The summed E-state index contributed by atoms with van der Waals surface area (Å²) in [6.45, 7) is 18.8. The number of anilines is 1. The number of fused-ring (bicyclic) bond motifs is 1. The van der Waals surface area contributed by atoms with Crippen LogP contribution in [0.5, 0.6) is 0 Å². The number of esters is 1. The van der Waals surface area contributed by atoms with Gasteiger partial charge in [0.2, 0.25) is 0 Å². The van der Waals surface area contributed by atoms with E-state index in [1.807, 2.05) is 25.7 Å². The van der Waals surface area contributed by atoms with Crippen molar-refractivity contribution in [1.82, 2.24) is 9.88 Å². The predicted molar refractivity (Wildman–Crippen MR) is 177 cm³/mol. The lowest BCUT2D eigenvalue weighted by Gasteiger charge is -2.41. The van der Waals surface area contributed by atoms with Crippen molar-refractivity contribution in [2.24, 2.45) is 23.7 Å². The maximum Gasteiger partial charge on any atom is 0.410 e. The maximum absolute atomic E-state index is 13.6. The molecular formula is C37H55N3O4. The molecule has 3 unspecified atom stereocenters. The van der Waals surface area contributed by atoms with Gasteiger partial charge in [0, 0.05) is 47.5 Å². The summed E-state index contributed by atoms with van der Waals surface area (Å²) in [6, 6.07) is 14.8. The Hall–Kier alpha value is -3.09. The first-order valence-electron chi connectivity index (χ1n) is 16.4. The largest absolute Gasteiger partial charge is 0.469 e. The first-order valence-corrected chi connectivity index (χ1v) is 16.4. The topological polar surface area (TPSA) is 80.8 Å². The Morgan fingerprint density at radius 3 is 2.25 bits per heavy atom. The minimum atomic E-state index is -0.521. The second-order valence-corrected chi connectivity index (χ2v) is 15.6. The first-order chi connectivity index (χ1) is 20.6. The SMILES string of the molecule is COC(=O)C(CC(CC1CCN(C(=O)OC(C)(C)C)CC1)C1CNc2ccccc2C1)C(C)(C)c1cccc(C(C)(C)C)n1. The van der Waals surface area contributed by atoms with Crippen molar-refractivity contribution in [3.8, 4) is 0 Å². The third kappa shape index (κ3) is 8.33. The first kappa shape index (κ1) is 33.8. The second kappa shape index (κ2) is 13.5. The molecule has 0 spiro atoms. The molecule has 2 aliphatic rings. The molecule has 2 aliphatic heterocycles. The number of aromatic nitrogens is 1. The van der Waals surface area contributed by atoms with Crippen LogP contribution >= 0.6 is 0 Å². The van der Waals surface area contributed by atoms with Gasteiger partial charge in [-0.15, -0.1) is 0 Å². The fourth-order valence-corrected chi connectivity index (χ4v) is 6.91. The molecule has 1 aromatic carbocycles. The van der Waals surface area contributed by atoms with E-state index in [1.165, 1.54) is 18.4 Å². The minimum absolute atomic E-state index is 0.0925. The lowest BCUT2D eigenvalue weighted by molar-refractivity contribution is -0.149. The van der Waals surface area contributed by atoms with Crippen molar-refractivity contribution in [3.05, 3.63) is 59.4 Å². The van der Waals surface area contributed by atoms with Crippen molar-refractivity contribution in [1.29, 1.82) is 0 Å². The fraction of sp³-hybridized carbons (Fsp3) is 0.649. The van der Waals surface area contributed by atoms with E-state index in [0.717, 1.165) is 50.0 Å². The molecule has 1 N–H and O–H groups in total. The van der Waals surface area contributed by atoms with E-state index in [2.05, 4.69) is 82.4 Å². The molecule has 1 amide bonds. The quantitative estimate of drug-likeness (QED) is 0.310. The molecule has 1 aromatic heterocycles. The molecule has 2 aromatic rings. The smallest absolute Gasteiger partial charge is 0.410 e.